The maximum absolute atomic E-state index is 11.9. The van der Waals surface area contributed by atoms with Crippen molar-refractivity contribution in [3.8, 4) is 0 Å². The second-order valence-corrected chi connectivity index (χ2v) is 7.71. The maximum atomic E-state index is 11.9. The molecular formula is C17H29N3O2S. The van der Waals surface area contributed by atoms with E-state index in [9.17, 15) is 9.90 Å². The van der Waals surface area contributed by atoms with Crippen molar-refractivity contribution < 1.29 is 9.90 Å². The molecule has 1 saturated heterocycles. The number of nitrogens with zero attached hydrogens (tertiary/aromatic N) is 1. The SMILES string of the molecule is CC1CCN(CC(O)CNC(=O)NC(C)Cc2cccs2)CC1. The molecule has 1 aromatic heterocycles. The van der Waals surface area contributed by atoms with E-state index in [-0.39, 0.29) is 12.1 Å². The molecule has 6 heteroatoms. The predicted octanol–water partition coefficient (Wildman–Crippen LogP) is 2.07. The normalized spacial score (nSPS) is 19.3. The van der Waals surface area contributed by atoms with Crippen molar-refractivity contribution in [3.63, 3.8) is 0 Å². The summed E-state index contributed by atoms with van der Waals surface area (Å²) in [6.45, 7) is 7.29. The molecule has 0 bridgehead atoms. The molecule has 2 atom stereocenters. The van der Waals surface area contributed by atoms with Crippen molar-refractivity contribution in [2.75, 3.05) is 26.2 Å². The number of hydrogen-bond acceptors (Lipinski definition) is 4. The average molecular weight is 340 g/mol. The quantitative estimate of drug-likeness (QED) is 0.712. The molecule has 5 nitrogen and oxygen atoms in total. The molecule has 1 aliphatic heterocycles. The summed E-state index contributed by atoms with van der Waals surface area (Å²) in [5.41, 5.74) is 0. The number of likely N-dealkylation sites (tertiary alicyclic amines) is 1. The van der Waals surface area contributed by atoms with E-state index in [1.165, 1.54) is 17.7 Å². The second-order valence-electron chi connectivity index (χ2n) is 6.68. The average Bonchev–Trinajstić information content (AvgIpc) is 3.00. The molecule has 0 saturated carbocycles. The van der Waals surface area contributed by atoms with E-state index in [2.05, 4.69) is 28.5 Å². The number of thiophene rings is 1. The number of urea groups is 1. The van der Waals surface area contributed by atoms with Gasteiger partial charge in [-0.1, -0.05) is 13.0 Å². The first kappa shape index (κ1) is 18.2. The van der Waals surface area contributed by atoms with Gasteiger partial charge in [-0.3, -0.25) is 0 Å². The minimum absolute atomic E-state index is 0.0781. The zero-order chi connectivity index (χ0) is 16.7. The van der Waals surface area contributed by atoms with Gasteiger partial charge in [0.1, 0.15) is 0 Å². The number of piperidine rings is 1. The van der Waals surface area contributed by atoms with E-state index in [0.29, 0.717) is 13.1 Å². The molecule has 0 spiro atoms. The van der Waals surface area contributed by atoms with Gasteiger partial charge in [-0.15, -0.1) is 11.3 Å². The first-order chi connectivity index (χ1) is 11.0. The molecular weight excluding hydrogens is 310 g/mol. The summed E-state index contributed by atoms with van der Waals surface area (Å²) in [7, 11) is 0. The highest BCUT2D eigenvalue weighted by Crippen LogP contribution is 2.15. The highest BCUT2D eigenvalue weighted by molar-refractivity contribution is 7.09. The van der Waals surface area contributed by atoms with E-state index in [1.54, 1.807) is 11.3 Å². The van der Waals surface area contributed by atoms with Gasteiger partial charge in [-0.05, 0) is 50.2 Å². The van der Waals surface area contributed by atoms with Gasteiger partial charge in [0.2, 0.25) is 0 Å². The van der Waals surface area contributed by atoms with Gasteiger partial charge in [0, 0.05) is 30.4 Å². The lowest BCUT2D eigenvalue weighted by molar-refractivity contribution is 0.0919. The van der Waals surface area contributed by atoms with Gasteiger partial charge in [-0.2, -0.15) is 0 Å². The molecule has 23 heavy (non-hydrogen) atoms. The third-order valence-corrected chi connectivity index (χ3v) is 5.21. The maximum Gasteiger partial charge on any atom is 0.315 e. The van der Waals surface area contributed by atoms with Gasteiger partial charge < -0.3 is 20.6 Å². The Bertz CT molecular complexity index is 458. The number of aliphatic hydroxyl groups excluding tert-OH is 1. The van der Waals surface area contributed by atoms with E-state index in [4.69, 9.17) is 0 Å². The zero-order valence-corrected chi connectivity index (χ0v) is 14.9. The van der Waals surface area contributed by atoms with Crippen LogP contribution in [0.15, 0.2) is 17.5 Å². The Morgan fingerprint density at radius 2 is 2.22 bits per heavy atom. The molecule has 2 rings (SSSR count). The summed E-state index contributed by atoms with van der Waals surface area (Å²) in [5.74, 6) is 0.789. The minimum atomic E-state index is -0.512. The molecule has 3 N–H and O–H groups in total. The number of amides is 2. The molecule has 2 amide bonds. The summed E-state index contributed by atoms with van der Waals surface area (Å²) >= 11 is 1.70. The number of carbonyl (C=O) groups is 1. The molecule has 130 valence electrons. The lowest BCUT2D eigenvalue weighted by Crippen LogP contribution is -2.47. The minimum Gasteiger partial charge on any atom is -0.390 e. The number of aliphatic hydroxyl groups is 1. The van der Waals surface area contributed by atoms with Crippen molar-refractivity contribution in [3.05, 3.63) is 22.4 Å². The second kappa shape index (κ2) is 9.25. The molecule has 0 aromatic carbocycles. The van der Waals surface area contributed by atoms with Gasteiger partial charge in [-0.25, -0.2) is 4.79 Å². The summed E-state index contributed by atoms with van der Waals surface area (Å²) in [6, 6.07) is 3.96. The number of carbonyl (C=O) groups excluding carboxylic acids is 1. The number of β-amino-alcohol motifs (C(OH)–C–C–N with tert-alkyl or cyclic N) is 1. The fourth-order valence-corrected chi connectivity index (χ4v) is 3.71. The van der Waals surface area contributed by atoms with Crippen molar-refractivity contribution >= 4 is 17.4 Å². The van der Waals surface area contributed by atoms with Crippen LogP contribution < -0.4 is 10.6 Å². The van der Waals surface area contributed by atoms with Crippen LogP contribution in [0.2, 0.25) is 0 Å². The number of hydrogen-bond donors (Lipinski definition) is 3. The van der Waals surface area contributed by atoms with Crippen LogP contribution in [0.3, 0.4) is 0 Å². The van der Waals surface area contributed by atoms with Gasteiger partial charge in [0.25, 0.3) is 0 Å². The number of nitrogens with one attached hydrogen (secondary N) is 2. The monoisotopic (exact) mass is 339 g/mol. The Morgan fingerprint density at radius 1 is 1.48 bits per heavy atom. The van der Waals surface area contributed by atoms with Gasteiger partial charge in [0.05, 0.1) is 6.10 Å². The zero-order valence-electron chi connectivity index (χ0n) is 14.1. The van der Waals surface area contributed by atoms with Crippen molar-refractivity contribution in [1.82, 2.24) is 15.5 Å². The predicted molar refractivity (Wildman–Crippen MR) is 94.9 cm³/mol. The third-order valence-electron chi connectivity index (χ3n) is 4.31. The summed E-state index contributed by atoms with van der Waals surface area (Å²) < 4.78 is 0. The molecule has 2 heterocycles. The van der Waals surface area contributed by atoms with E-state index in [0.717, 1.165) is 25.4 Å². The van der Waals surface area contributed by atoms with Gasteiger partial charge in [0.15, 0.2) is 0 Å². The molecule has 1 aliphatic rings. The third kappa shape index (κ3) is 6.89. The van der Waals surface area contributed by atoms with Crippen LogP contribution in [0, 0.1) is 5.92 Å². The van der Waals surface area contributed by atoms with E-state index >= 15 is 0 Å². The van der Waals surface area contributed by atoms with Crippen molar-refractivity contribution in [2.24, 2.45) is 5.92 Å². The van der Waals surface area contributed by atoms with E-state index < -0.39 is 6.10 Å². The van der Waals surface area contributed by atoms with Crippen LogP contribution in [-0.4, -0.2) is 54.4 Å². The topological polar surface area (TPSA) is 64.6 Å². The standard InChI is InChI=1S/C17H29N3O2S/c1-13-5-7-20(8-6-13)12-15(21)11-18-17(22)19-14(2)10-16-4-3-9-23-16/h3-4,9,13-15,21H,5-8,10-12H2,1-2H3,(H2,18,19,22). The number of rotatable bonds is 7. The van der Waals surface area contributed by atoms with Crippen LogP contribution in [0.25, 0.3) is 0 Å². The summed E-state index contributed by atoms with van der Waals surface area (Å²) in [4.78, 5) is 15.4. The summed E-state index contributed by atoms with van der Waals surface area (Å²) in [6.07, 6.45) is 2.71. The molecule has 1 aromatic rings. The molecule has 0 aliphatic carbocycles. The van der Waals surface area contributed by atoms with Crippen LogP contribution in [0.4, 0.5) is 4.79 Å². The Kier molecular flexibility index (Phi) is 7.33. The first-order valence-corrected chi connectivity index (χ1v) is 9.38. The first-order valence-electron chi connectivity index (χ1n) is 8.50. The van der Waals surface area contributed by atoms with E-state index in [1.807, 2.05) is 18.4 Å². The van der Waals surface area contributed by atoms with Crippen LogP contribution in [0.5, 0.6) is 0 Å². The highest BCUT2D eigenvalue weighted by atomic mass is 32.1. The highest BCUT2D eigenvalue weighted by Gasteiger charge is 2.18. The lowest BCUT2D eigenvalue weighted by atomic mass is 9.99. The molecule has 1 fully saturated rings. The Morgan fingerprint density at radius 3 is 2.87 bits per heavy atom. The molecule has 2 unspecified atom stereocenters. The van der Waals surface area contributed by atoms with Crippen LogP contribution in [0.1, 0.15) is 31.6 Å². The van der Waals surface area contributed by atoms with Crippen LogP contribution in [-0.2, 0) is 6.42 Å². The fourth-order valence-electron chi connectivity index (χ4n) is 2.87. The Balaban J connectivity index is 1.59. The van der Waals surface area contributed by atoms with Crippen LogP contribution >= 0.6 is 11.3 Å². The Hall–Kier alpha value is -1.11. The van der Waals surface area contributed by atoms with Gasteiger partial charge >= 0.3 is 6.03 Å². The van der Waals surface area contributed by atoms with Crippen molar-refractivity contribution in [2.45, 2.75) is 45.3 Å². The Labute approximate surface area is 143 Å². The van der Waals surface area contributed by atoms with Crippen molar-refractivity contribution in [1.29, 1.82) is 0 Å². The molecule has 0 radical (unpaired) electrons. The summed E-state index contributed by atoms with van der Waals surface area (Å²) in [5, 5.41) is 17.8. The lowest BCUT2D eigenvalue weighted by Gasteiger charge is -2.31. The smallest absolute Gasteiger partial charge is 0.315 e. The fraction of sp³-hybridized carbons (Fsp3) is 0.706. The largest absolute Gasteiger partial charge is 0.390 e.